The maximum atomic E-state index is 12.9. The number of esters is 1. The summed E-state index contributed by atoms with van der Waals surface area (Å²) in [6, 6.07) is 15.0. The van der Waals surface area contributed by atoms with E-state index in [2.05, 4.69) is 10.8 Å². The highest BCUT2D eigenvalue weighted by molar-refractivity contribution is 6.09. The highest BCUT2D eigenvalue weighted by Crippen LogP contribution is 2.30. The van der Waals surface area contributed by atoms with Gasteiger partial charge in [-0.05, 0) is 42.0 Å². The standard InChI is InChI=1S/C19H14N2O3/c1-24-19(23)15-8-6-14(7-9-15)18(22)21-16(12-20)11-10-13-4-2-3-5-17(13)21/h2-11,16H,1H3. The lowest BCUT2D eigenvalue weighted by atomic mass is 10.0. The normalized spacial score (nSPS) is 15.3. The van der Waals surface area contributed by atoms with Crippen LogP contribution < -0.4 is 4.90 Å². The average Bonchev–Trinajstić information content (AvgIpc) is 2.66. The second kappa shape index (κ2) is 6.39. The molecule has 0 radical (unpaired) electrons. The molecule has 2 aromatic rings. The van der Waals surface area contributed by atoms with Crippen molar-refractivity contribution in [3.63, 3.8) is 0 Å². The zero-order valence-corrected chi connectivity index (χ0v) is 13.0. The van der Waals surface area contributed by atoms with Gasteiger partial charge in [-0.2, -0.15) is 5.26 Å². The Hall–Kier alpha value is -3.39. The van der Waals surface area contributed by atoms with Crippen molar-refractivity contribution in [2.45, 2.75) is 6.04 Å². The maximum Gasteiger partial charge on any atom is 0.337 e. The van der Waals surface area contributed by atoms with Crippen molar-refractivity contribution in [3.05, 3.63) is 71.3 Å². The van der Waals surface area contributed by atoms with E-state index in [1.165, 1.54) is 24.1 Å². The van der Waals surface area contributed by atoms with E-state index in [1.54, 1.807) is 18.2 Å². The lowest BCUT2D eigenvalue weighted by molar-refractivity contribution is 0.0600. The van der Waals surface area contributed by atoms with Crippen LogP contribution in [0.5, 0.6) is 0 Å². The van der Waals surface area contributed by atoms with Gasteiger partial charge in [-0.15, -0.1) is 0 Å². The summed E-state index contributed by atoms with van der Waals surface area (Å²) >= 11 is 0. The topological polar surface area (TPSA) is 70.4 Å². The first-order chi connectivity index (χ1) is 11.7. The molecule has 3 rings (SSSR count). The van der Waals surface area contributed by atoms with Crippen LogP contribution in [-0.2, 0) is 4.74 Å². The lowest BCUT2D eigenvalue weighted by Crippen LogP contribution is -2.40. The maximum absolute atomic E-state index is 12.9. The number of nitrogens with zero attached hydrogens (tertiary/aromatic N) is 2. The van der Waals surface area contributed by atoms with Gasteiger partial charge >= 0.3 is 5.97 Å². The number of ether oxygens (including phenoxy) is 1. The smallest absolute Gasteiger partial charge is 0.337 e. The Morgan fingerprint density at radius 1 is 1.08 bits per heavy atom. The van der Waals surface area contributed by atoms with Gasteiger partial charge < -0.3 is 4.74 Å². The minimum Gasteiger partial charge on any atom is -0.465 e. The van der Waals surface area contributed by atoms with Crippen LogP contribution in [0.15, 0.2) is 54.6 Å². The molecule has 0 N–H and O–H groups in total. The molecule has 1 aliphatic heterocycles. The van der Waals surface area contributed by atoms with Crippen molar-refractivity contribution in [2.75, 3.05) is 12.0 Å². The summed E-state index contributed by atoms with van der Waals surface area (Å²) < 4.78 is 4.65. The van der Waals surface area contributed by atoms with Gasteiger partial charge in [-0.1, -0.05) is 24.3 Å². The Kier molecular flexibility index (Phi) is 4.13. The number of amides is 1. The van der Waals surface area contributed by atoms with Crippen LogP contribution >= 0.6 is 0 Å². The van der Waals surface area contributed by atoms with Crippen LogP contribution in [0.2, 0.25) is 0 Å². The van der Waals surface area contributed by atoms with Crippen molar-refractivity contribution in [1.29, 1.82) is 5.26 Å². The van der Waals surface area contributed by atoms with E-state index in [1.807, 2.05) is 30.3 Å². The number of benzene rings is 2. The third-order valence-corrected chi connectivity index (χ3v) is 3.84. The van der Waals surface area contributed by atoms with Gasteiger partial charge in [0.05, 0.1) is 24.4 Å². The van der Waals surface area contributed by atoms with Gasteiger partial charge in [-0.3, -0.25) is 9.69 Å². The molecule has 0 saturated carbocycles. The molecule has 1 unspecified atom stereocenters. The van der Waals surface area contributed by atoms with Crippen molar-refractivity contribution in [3.8, 4) is 6.07 Å². The number of rotatable bonds is 2. The molecule has 1 atom stereocenters. The molecule has 24 heavy (non-hydrogen) atoms. The van der Waals surface area contributed by atoms with Gasteiger partial charge in [0.1, 0.15) is 6.04 Å². The molecular formula is C19H14N2O3. The second-order valence-electron chi connectivity index (χ2n) is 5.24. The van der Waals surface area contributed by atoms with E-state index >= 15 is 0 Å². The molecule has 1 aliphatic rings. The number of methoxy groups -OCH3 is 1. The first-order valence-electron chi connectivity index (χ1n) is 7.34. The first-order valence-corrected chi connectivity index (χ1v) is 7.34. The Balaban J connectivity index is 1.97. The fourth-order valence-electron chi connectivity index (χ4n) is 2.62. The minimum absolute atomic E-state index is 0.297. The van der Waals surface area contributed by atoms with Crippen LogP contribution in [0.4, 0.5) is 5.69 Å². The van der Waals surface area contributed by atoms with Crippen LogP contribution in [0, 0.1) is 11.3 Å². The quantitative estimate of drug-likeness (QED) is 0.798. The van der Waals surface area contributed by atoms with Gasteiger partial charge in [0.25, 0.3) is 5.91 Å². The lowest BCUT2D eigenvalue weighted by Gasteiger charge is -2.30. The number of hydrogen-bond donors (Lipinski definition) is 0. The van der Waals surface area contributed by atoms with E-state index in [0.29, 0.717) is 16.8 Å². The van der Waals surface area contributed by atoms with Gasteiger partial charge in [-0.25, -0.2) is 4.79 Å². The molecule has 1 amide bonds. The monoisotopic (exact) mass is 318 g/mol. The molecule has 0 aliphatic carbocycles. The van der Waals surface area contributed by atoms with Gasteiger partial charge in [0, 0.05) is 5.56 Å². The van der Waals surface area contributed by atoms with Gasteiger partial charge in [0.2, 0.25) is 0 Å². The summed E-state index contributed by atoms with van der Waals surface area (Å²) in [7, 11) is 1.30. The van der Waals surface area contributed by atoms with Crippen LogP contribution in [0.25, 0.3) is 6.08 Å². The first kappa shape index (κ1) is 15.5. The molecule has 118 valence electrons. The Morgan fingerprint density at radius 2 is 1.75 bits per heavy atom. The number of hydrogen-bond acceptors (Lipinski definition) is 4. The van der Waals surface area contributed by atoms with Crippen LogP contribution in [0.3, 0.4) is 0 Å². The molecule has 5 nitrogen and oxygen atoms in total. The molecule has 0 fully saturated rings. The minimum atomic E-state index is -0.673. The highest BCUT2D eigenvalue weighted by Gasteiger charge is 2.28. The molecular weight excluding hydrogens is 304 g/mol. The molecule has 0 aromatic heterocycles. The molecule has 2 aromatic carbocycles. The molecule has 0 bridgehead atoms. The predicted octanol–water partition coefficient (Wildman–Crippen LogP) is 3.04. The molecule has 1 heterocycles. The number of carbonyl (C=O) groups is 2. The summed E-state index contributed by atoms with van der Waals surface area (Å²) in [5, 5.41) is 9.38. The largest absolute Gasteiger partial charge is 0.465 e. The van der Waals surface area contributed by atoms with E-state index in [0.717, 1.165) is 5.56 Å². The SMILES string of the molecule is COC(=O)c1ccc(C(=O)N2c3ccccc3C=CC2C#N)cc1. The highest BCUT2D eigenvalue weighted by atomic mass is 16.5. The summed E-state index contributed by atoms with van der Waals surface area (Å²) in [4.78, 5) is 25.9. The summed E-state index contributed by atoms with van der Waals surface area (Å²) in [6.07, 6.45) is 3.54. The summed E-state index contributed by atoms with van der Waals surface area (Å²) in [5.41, 5.74) is 2.33. The Labute approximate surface area is 139 Å². The van der Waals surface area contributed by atoms with E-state index in [4.69, 9.17) is 0 Å². The number of anilines is 1. The van der Waals surface area contributed by atoms with E-state index < -0.39 is 12.0 Å². The van der Waals surface area contributed by atoms with Crippen LogP contribution in [0.1, 0.15) is 26.3 Å². The molecule has 5 heteroatoms. The Morgan fingerprint density at radius 3 is 2.42 bits per heavy atom. The van der Waals surface area contributed by atoms with Crippen molar-refractivity contribution in [2.24, 2.45) is 0 Å². The second-order valence-corrected chi connectivity index (χ2v) is 5.24. The zero-order chi connectivity index (χ0) is 17.1. The van der Waals surface area contributed by atoms with Crippen molar-refractivity contribution in [1.82, 2.24) is 0 Å². The molecule has 0 saturated heterocycles. The summed E-state index contributed by atoms with van der Waals surface area (Å²) in [6.45, 7) is 0. The predicted molar refractivity (Wildman–Crippen MR) is 89.5 cm³/mol. The third-order valence-electron chi connectivity index (χ3n) is 3.84. The Bertz CT molecular complexity index is 863. The van der Waals surface area contributed by atoms with Crippen molar-refractivity contribution >= 4 is 23.6 Å². The number of nitriles is 1. The molecule has 0 spiro atoms. The number of para-hydroxylation sites is 1. The van der Waals surface area contributed by atoms with Crippen molar-refractivity contribution < 1.29 is 14.3 Å². The summed E-state index contributed by atoms with van der Waals surface area (Å²) in [5.74, 6) is -0.759. The number of fused-ring (bicyclic) bond motifs is 1. The van der Waals surface area contributed by atoms with Crippen LogP contribution in [-0.4, -0.2) is 25.0 Å². The van der Waals surface area contributed by atoms with Gasteiger partial charge in [0.15, 0.2) is 0 Å². The fraction of sp³-hybridized carbons (Fsp3) is 0.105. The third kappa shape index (κ3) is 2.66. The fourth-order valence-corrected chi connectivity index (χ4v) is 2.62. The number of carbonyl (C=O) groups excluding carboxylic acids is 2. The average molecular weight is 318 g/mol. The van der Waals surface area contributed by atoms with E-state index in [-0.39, 0.29) is 5.91 Å². The van der Waals surface area contributed by atoms with E-state index in [9.17, 15) is 14.9 Å². The zero-order valence-electron chi connectivity index (χ0n) is 13.0.